The summed E-state index contributed by atoms with van der Waals surface area (Å²) in [7, 11) is 1.49. The predicted octanol–water partition coefficient (Wildman–Crippen LogP) is 4.34. The van der Waals surface area contributed by atoms with Gasteiger partial charge in [-0.2, -0.15) is 0 Å². The van der Waals surface area contributed by atoms with Crippen LogP contribution in [0.2, 0.25) is 5.02 Å². The van der Waals surface area contributed by atoms with E-state index in [0.717, 1.165) is 0 Å². The third-order valence-electron chi connectivity index (χ3n) is 6.05. The van der Waals surface area contributed by atoms with E-state index in [1.165, 1.54) is 7.11 Å². The van der Waals surface area contributed by atoms with Crippen LogP contribution in [0, 0.1) is 0 Å². The molecule has 0 aliphatic carbocycles. The topological polar surface area (TPSA) is 72.9 Å². The smallest absolute Gasteiger partial charge is 0.223 e. The molecular weight excluding hydrogens is 418 g/mol. The Morgan fingerprint density at radius 3 is 2.61 bits per heavy atom. The lowest BCUT2D eigenvalue weighted by atomic mass is 9.82. The number of carbonyl (C=O) groups is 3. The second-order valence-electron chi connectivity index (χ2n) is 8.03. The molecule has 0 bridgehead atoms. The summed E-state index contributed by atoms with van der Waals surface area (Å²) >= 11 is 6.00. The summed E-state index contributed by atoms with van der Waals surface area (Å²) in [5.41, 5.74) is 0.460. The first-order valence-electron chi connectivity index (χ1n) is 10.4. The molecule has 31 heavy (non-hydrogen) atoms. The Hall–Kier alpha value is -2.86. The minimum atomic E-state index is -0.549. The lowest BCUT2D eigenvalue weighted by Crippen LogP contribution is -2.52. The molecule has 4 rings (SSSR count). The third-order valence-corrected chi connectivity index (χ3v) is 6.29. The number of carbonyl (C=O) groups excluding carboxylic acids is 3. The molecule has 7 heteroatoms. The van der Waals surface area contributed by atoms with E-state index in [1.54, 1.807) is 29.2 Å². The van der Waals surface area contributed by atoms with E-state index in [0.29, 0.717) is 60.0 Å². The molecule has 0 aromatic heterocycles. The van der Waals surface area contributed by atoms with Crippen molar-refractivity contribution < 1.29 is 23.9 Å². The molecule has 6 nitrogen and oxygen atoms in total. The van der Waals surface area contributed by atoms with Crippen molar-refractivity contribution in [2.75, 3.05) is 20.2 Å². The lowest BCUT2D eigenvalue weighted by Gasteiger charge is -2.44. The molecule has 1 amide bonds. The summed E-state index contributed by atoms with van der Waals surface area (Å²) in [6.45, 7) is 1.01. The van der Waals surface area contributed by atoms with Gasteiger partial charge in [-0.1, -0.05) is 23.7 Å². The van der Waals surface area contributed by atoms with Crippen LogP contribution in [0.4, 0.5) is 0 Å². The quantitative estimate of drug-likeness (QED) is 0.645. The zero-order chi connectivity index (χ0) is 22.0. The Balaban J connectivity index is 1.34. The summed E-state index contributed by atoms with van der Waals surface area (Å²) in [6.07, 6.45) is 1.71. The summed E-state index contributed by atoms with van der Waals surface area (Å²) < 4.78 is 11.4. The van der Waals surface area contributed by atoms with Crippen LogP contribution in [0.3, 0.4) is 0 Å². The van der Waals surface area contributed by atoms with Gasteiger partial charge in [0.2, 0.25) is 5.91 Å². The Morgan fingerprint density at radius 1 is 1.13 bits per heavy atom. The zero-order valence-electron chi connectivity index (χ0n) is 17.4. The highest BCUT2D eigenvalue weighted by molar-refractivity contribution is 6.31. The van der Waals surface area contributed by atoms with Gasteiger partial charge in [0.1, 0.15) is 17.1 Å². The van der Waals surface area contributed by atoms with Crippen LogP contribution >= 0.6 is 11.6 Å². The van der Waals surface area contributed by atoms with Crippen LogP contribution < -0.4 is 9.47 Å². The van der Waals surface area contributed by atoms with Gasteiger partial charge in [0, 0.05) is 43.8 Å². The number of Topliss-reactive ketones (excluding diaryl/α,β-unsaturated/α-hetero) is 2. The van der Waals surface area contributed by atoms with Crippen molar-refractivity contribution in [3.05, 3.63) is 58.6 Å². The van der Waals surface area contributed by atoms with Crippen LogP contribution in [-0.4, -0.2) is 48.2 Å². The average molecular weight is 442 g/mol. The molecule has 0 N–H and O–H groups in total. The molecule has 0 atom stereocenters. The van der Waals surface area contributed by atoms with Crippen LogP contribution in [0.25, 0.3) is 0 Å². The molecule has 2 heterocycles. The second kappa shape index (κ2) is 8.71. The molecule has 2 aromatic carbocycles. The fourth-order valence-corrected chi connectivity index (χ4v) is 4.47. The van der Waals surface area contributed by atoms with Gasteiger partial charge in [-0.3, -0.25) is 14.4 Å². The number of ketones is 2. The minimum absolute atomic E-state index is 0.0771. The van der Waals surface area contributed by atoms with Crippen LogP contribution in [0.5, 0.6) is 11.5 Å². The monoisotopic (exact) mass is 441 g/mol. The van der Waals surface area contributed by atoms with E-state index in [4.69, 9.17) is 21.1 Å². The number of benzene rings is 2. The summed E-state index contributed by atoms with van der Waals surface area (Å²) in [5, 5.41) is 0.445. The molecular formula is C24H24ClNO5. The Labute approximate surface area is 186 Å². The van der Waals surface area contributed by atoms with Crippen LogP contribution in [0.1, 0.15) is 52.8 Å². The molecule has 1 fully saturated rings. The second-order valence-corrected chi connectivity index (χ2v) is 8.47. The first-order chi connectivity index (χ1) is 14.9. The molecule has 2 aliphatic heterocycles. The SMILES string of the molecule is COc1ccc(Cl)cc1C(=O)CCC(=O)N1CCC2(CC1)CC(=O)c1ccccc1O2. The number of nitrogens with zero attached hydrogens (tertiary/aromatic N) is 1. The number of hydrogen-bond donors (Lipinski definition) is 0. The first kappa shape index (κ1) is 21.4. The zero-order valence-corrected chi connectivity index (χ0v) is 18.1. The fourth-order valence-electron chi connectivity index (χ4n) is 4.30. The largest absolute Gasteiger partial charge is 0.496 e. The summed E-state index contributed by atoms with van der Waals surface area (Å²) in [4.78, 5) is 39.6. The Bertz CT molecular complexity index is 1030. The normalized spacial score (nSPS) is 17.1. The number of amides is 1. The molecule has 0 unspecified atom stereocenters. The maximum absolute atomic E-state index is 12.7. The van der Waals surface area contributed by atoms with E-state index >= 15 is 0 Å². The number of para-hydroxylation sites is 1. The van der Waals surface area contributed by atoms with E-state index in [-0.39, 0.29) is 30.3 Å². The average Bonchev–Trinajstić information content (AvgIpc) is 2.77. The number of hydrogen-bond acceptors (Lipinski definition) is 5. The molecule has 0 saturated carbocycles. The summed E-state index contributed by atoms with van der Waals surface area (Å²) in [5.74, 6) is 0.897. The highest BCUT2D eigenvalue weighted by Crippen LogP contribution is 2.39. The molecule has 2 aliphatic rings. The van der Waals surface area contributed by atoms with Gasteiger partial charge in [0.15, 0.2) is 11.6 Å². The van der Waals surface area contributed by atoms with Gasteiger partial charge in [0.05, 0.1) is 24.7 Å². The number of halogens is 1. The number of fused-ring (bicyclic) bond motifs is 1. The summed E-state index contributed by atoms with van der Waals surface area (Å²) in [6, 6.07) is 12.2. The van der Waals surface area contributed by atoms with Crippen LogP contribution in [0.15, 0.2) is 42.5 Å². The molecule has 2 aromatic rings. The van der Waals surface area contributed by atoms with Crippen molar-refractivity contribution in [2.45, 2.75) is 37.7 Å². The maximum atomic E-state index is 12.7. The number of rotatable bonds is 5. The lowest BCUT2D eigenvalue weighted by molar-refractivity contribution is -0.134. The fraction of sp³-hybridized carbons (Fsp3) is 0.375. The first-order valence-corrected chi connectivity index (χ1v) is 10.7. The number of likely N-dealkylation sites (tertiary alicyclic amines) is 1. The standard InChI is InChI=1S/C24H24ClNO5/c1-30-21-8-6-16(25)14-18(21)19(27)7-9-23(29)26-12-10-24(11-13-26)15-20(28)17-4-2-3-5-22(17)31-24/h2-6,8,14H,7,9-13,15H2,1H3. The Morgan fingerprint density at radius 2 is 1.87 bits per heavy atom. The van der Waals surface area contributed by atoms with Crippen molar-refractivity contribution in [3.63, 3.8) is 0 Å². The maximum Gasteiger partial charge on any atom is 0.223 e. The van der Waals surface area contributed by atoms with Gasteiger partial charge in [-0.15, -0.1) is 0 Å². The molecule has 0 radical (unpaired) electrons. The van der Waals surface area contributed by atoms with Gasteiger partial charge >= 0.3 is 0 Å². The van der Waals surface area contributed by atoms with Crippen molar-refractivity contribution in [3.8, 4) is 11.5 Å². The van der Waals surface area contributed by atoms with E-state index < -0.39 is 5.60 Å². The van der Waals surface area contributed by atoms with Gasteiger partial charge in [0.25, 0.3) is 0 Å². The third kappa shape index (κ3) is 4.44. The van der Waals surface area contributed by atoms with Gasteiger partial charge in [-0.25, -0.2) is 0 Å². The molecule has 1 spiro atoms. The highest BCUT2D eigenvalue weighted by Gasteiger charge is 2.43. The molecule has 1 saturated heterocycles. The van der Waals surface area contributed by atoms with E-state index in [9.17, 15) is 14.4 Å². The number of ether oxygens (including phenoxy) is 2. The van der Waals surface area contributed by atoms with Crippen molar-refractivity contribution in [1.82, 2.24) is 4.90 Å². The number of piperidine rings is 1. The van der Waals surface area contributed by atoms with Gasteiger partial charge in [-0.05, 0) is 30.3 Å². The highest BCUT2D eigenvalue weighted by atomic mass is 35.5. The van der Waals surface area contributed by atoms with Crippen LogP contribution in [-0.2, 0) is 4.79 Å². The van der Waals surface area contributed by atoms with Crippen molar-refractivity contribution in [1.29, 1.82) is 0 Å². The van der Waals surface area contributed by atoms with Crippen molar-refractivity contribution >= 4 is 29.1 Å². The van der Waals surface area contributed by atoms with Gasteiger partial charge < -0.3 is 14.4 Å². The minimum Gasteiger partial charge on any atom is -0.496 e. The van der Waals surface area contributed by atoms with Crippen molar-refractivity contribution in [2.24, 2.45) is 0 Å². The predicted molar refractivity (Wildman–Crippen MR) is 116 cm³/mol. The Kier molecular flexibility index (Phi) is 6.01. The van der Waals surface area contributed by atoms with E-state index in [1.807, 2.05) is 18.2 Å². The number of methoxy groups -OCH3 is 1. The molecule has 162 valence electrons. The van der Waals surface area contributed by atoms with E-state index in [2.05, 4.69) is 0 Å².